The second-order valence-electron chi connectivity index (χ2n) is 6.92. The summed E-state index contributed by atoms with van der Waals surface area (Å²) >= 11 is 1.69. The van der Waals surface area contributed by atoms with E-state index in [1.807, 2.05) is 13.8 Å². The first-order chi connectivity index (χ1) is 10.8. The highest BCUT2D eigenvalue weighted by Gasteiger charge is 2.25. The molecular weight excluding hydrogens is 315 g/mol. The second-order valence-corrected chi connectivity index (χ2v) is 8.05. The summed E-state index contributed by atoms with van der Waals surface area (Å²) in [6.45, 7) is 6.22. The third-order valence-electron chi connectivity index (χ3n) is 3.89. The van der Waals surface area contributed by atoms with Gasteiger partial charge in [-0.05, 0) is 48.9 Å². The van der Waals surface area contributed by atoms with Gasteiger partial charge in [0.15, 0.2) is 0 Å². The number of fused-ring (bicyclic) bond motifs is 1. The van der Waals surface area contributed by atoms with Crippen molar-refractivity contribution >= 4 is 17.8 Å². The fraction of sp³-hybridized carbons (Fsp3) is 0.588. The number of rotatable bonds is 5. The third-order valence-corrected chi connectivity index (χ3v) is 5.01. The number of benzene rings is 1. The Kier molecular flexibility index (Phi) is 5.92. The molecular formula is C17H25FN2O2S. The molecule has 0 aromatic heterocycles. The van der Waals surface area contributed by atoms with E-state index >= 15 is 0 Å². The smallest absolute Gasteiger partial charge is 0.315 e. The van der Waals surface area contributed by atoms with Crippen molar-refractivity contribution in [3.05, 3.63) is 29.6 Å². The standard InChI is InChI=1S/C17H25FN2O2S/c1-11(21)9-17(2,3)10-19-16(22)20-14-6-7-23-15-5-4-12(18)8-13(14)15/h4-5,8,11,14,21H,6-7,9-10H2,1-3H3,(H2,19,20,22). The lowest BCUT2D eigenvalue weighted by Crippen LogP contribution is -2.43. The van der Waals surface area contributed by atoms with Crippen molar-refractivity contribution in [2.45, 2.75) is 50.7 Å². The minimum atomic E-state index is -0.403. The van der Waals surface area contributed by atoms with E-state index in [1.165, 1.54) is 12.1 Å². The molecule has 0 aliphatic carbocycles. The van der Waals surface area contributed by atoms with Gasteiger partial charge in [-0.15, -0.1) is 11.8 Å². The number of hydrogen-bond donors (Lipinski definition) is 3. The molecule has 0 bridgehead atoms. The van der Waals surface area contributed by atoms with E-state index in [-0.39, 0.29) is 23.3 Å². The Bertz CT molecular complexity index is 564. The Morgan fingerprint density at radius 1 is 1.52 bits per heavy atom. The monoisotopic (exact) mass is 340 g/mol. The number of carbonyl (C=O) groups is 1. The number of nitrogens with one attached hydrogen (secondary N) is 2. The topological polar surface area (TPSA) is 61.4 Å². The molecule has 0 saturated heterocycles. The highest BCUT2D eigenvalue weighted by Crippen LogP contribution is 2.36. The zero-order valence-electron chi connectivity index (χ0n) is 13.9. The molecule has 3 N–H and O–H groups in total. The van der Waals surface area contributed by atoms with E-state index in [9.17, 15) is 14.3 Å². The van der Waals surface area contributed by atoms with Crippen LogP contribution in [0.15, 0.2) is 23.1 Å². The molecule has 1 heterocycles. The summed E-state index contributed by atoms with van der Waals surface area (Å²) in [5, 5.41) is 15.3. The predicted molar refractivity (Wildman–Crippen MR) is 91.1 cm³/mol. The normalized spacial score (nSPS) is 18.9. The minimum Gasteiger partial charge on any atom is -0.393 e. The summed E-state index contributed by atoms with van der Waals surface area (Å²) in [4.78, 5) is 13.2. The lowest BCUT2D eigenvalue weighted by atomic mass is 9.87. The Morgan fingerprint density at radius 2 is 2.26 bits per heavy atom. The maximum Gasteiger partial charge on any atom is 0.315 e. The molecule has 23 heavy (non-hydrogen) atoms. The average Bonchev–Trinajstić information content (AvgIpc) is 2.45. The number of amides is 2. The highest BCUT2D eigenvalue weighted by molar-refractivity contribution is 7.99. The molecule has 2 unspecified atom stereocenters. The van der Waals surface area contributed by atoms with Gasteiger partial charge < -0.3 is 15.7 Å². The summed E-state index contributed by atoms with van der Waals surface area (Å²) < 4.78 is 13.5. The predicted octanol–water partition coefficient (Wildman–Crippen LogP) is 3.46. The molecule has 1 aliphatic rings. The maximum absolute atomic E-state index is 13.5. The van der Waals surface area contributed by atoms with Crippen LogP contribution in [0.25, 0.3) is 0 Å². The quantitative estimate of drug-likeness (QED) is 0.769. The minimum absolute atomic E-state index is 0.165. The van der Waals surface area contributed by atoms with Gasteiger partial charge in [-0.2, -0.15) is 0 Å². The molecule has 2 rings (SSSR count). The fourth-order valence-corrected chi connectivity index (χ4v) is 4.02. The third kappa shape index (κ3) is 5.39. The van der Waals surface area contributed by atoms with Crippen molar-refractivity contribution in [1.29, 1.82) is 0 Å². The summed E-state index contributed by atoms with van der Waals surface area (Å²) in [6, 6.07) is 4.31. The van der Waals surface area contributed by atoms with Crippen LogP contribution in [0.1, 0.15) is 45.2 Å². The number of carbonyl (C=O) groups excluding carboxylic acids is 1. The maximum atomic E-state index is 13.5. The van der Waals surface area contributed by atoms with Crippen LogP contribution in [0.3, 0.4) is 0 Å². The lowest BCUT2D eigenvalue weighted by molar-refractivity contribution is 0.128. The first-order valence-electron chi connectivity index (χ1n) is 7.91. The van der Waals surface area contributed by atoms with E-state index in [0.717, 1.165) is 22.6 Å². The molecule has 1 aromatic rings. The number of halogens is 1. The lowest BCUT2D eigenvalue weighted by Gasteiger charge is -2.29. The van der Waals surface area contributed by atoms with Crippen LogP contribution < -0.4 is 10.6 Å². The summed E-state index contributed by atoms with van der Waals surface area (Å²) in [7, 11) is 0. The number of hydrogen-bond acceptors (Lipinski definition) is 3. The zero-order chi connectivity index (χ0) is 17.0. The highest BCUT2D eigenvalue weighted by atomic mass is 32.2. The van der Waals surface area contributed by atoms with Gasteiger partial charge in [0.25, 0.3) is 0 Å². The van der Waals surface area contributed by atoms with E-state index < -0.39 is 6.10 Å². The van der Waals surface area contributed by atoms with Crippen LogP contribution in [-0.4, -0.2) is 29.5 Å². The molecule has 6 heteroatoms. The number of thioether (sulfide) groups is 1. The number of aliphatic hydroxyl groups excluding tert-OH is 1. The van der Waals surface area contributed by atoms with E-state index in [2.05, 4.69) is 10.6 Å². The van der Waals surface area contributed by atoms with Crippen molar-refractivity contribution < 1.29 is 14.3 Å². The van der Waals surface area contributed by atoms with E-state index in [1.54, 1.807) is 24.8 Å². The molecule has 0 fully saturated rings. The summed E-state index contributed by atoms with van der Waals surface area (Å²) in [5.74, 6) is 0.619. The van der Waals surface area contributed by atoms with Crippen LogP contribution >= 0.6 is 11.8 Å². The van der Waals surface area contributed by atoms with Gasteiger partial charge in [0.2, 0.25) is 0 Å². The number of aliphatic hydroxyl groups is 1. The van der Waals surface area contributed by atoms with Gasteiger partial charge in [0, 0.05) is 17.2 Å². The van der Waals surface area contributed by atoms with Crippen LogP contribution in [0.4, 0.5) is 9.18 Å². The first kappa shape index (κ1) is 18.1. The van der Waals surface area contributed by atoms with Crippen molar-refractivity contribution in [2.75, 3.05) is 12.3 Å². The molecule has 2 atom stereocenters. The fourth-order valence-electron chi connectivity index (χ4n) is 2.92. The van der Waals surface area contributed by atoms with Crippen molar-refractivity contribution in [3.8, 4) is 0 Å². The van der Waals surface area contributed by atoms with Gasteiger partial charge in [-0.25, -0.2) is 9.18 Å². The SMILES string of the molecule is CC(O)CC(C)(C)CNC(=O)NC1CCSc2ccc(F)cc21. The van der Waals surface area contributed by atoms with Crippen molar-refractivity contribution in [3.63, 3.8) is 0 Å². The van der Waals surface area contributed by atoms with Gasteiger partial charge in [0.05, 0.1) is 12.1 Å². The molecule has 4 nitrogen and oxygen atoms in total. The van der Waals surface area contributed by atoms with Crippen molar-refractivity contribution in [2.24, 2.45) is 5.41 Å². The summed E-state index contributed by atoms with van der Waals surface area (Å²) in [6.07, 6.45) is 0.993. The molecule has 0 saturated carbocycles. The zero-order valence-corrected chi connectivity index (χ0v) is 14.7. The average molecular weight is 340 g/mol. The van der Waals surface area contributed by atoms with Gasteiger partial charge in [0.1, 0.15) is 5.82 Å². The molecule has 2 amide bonds. The van der Waals surface area contributed by atoms with E-state index in [0.29, 0.717) is 13.0 Å². The van der Waals surface area contributed by atoms with Gasteiger partial charge in [-0.1, -0.05) is 13.8 Å². The first-order valence-corrected chi connectivity index (χ1v) is 8.90. The molecule has 128 valence electrons. The van der Waals surface area contributed by atoms with Crippen LogP contribution in [0.2, 0.25) is 0 Å². The Balaban J connectivity index is 1.93. The molecule has 0 spiro atoms. The number of urea groups is 1. The van der Waals surface area contributed by atoms with Crippen molar-refractivity contribution in [1.82, 2.24) is 10.6 Å². The van der Waals surface area contributed by atoms with E-state index in [4.69, 9.17) is 0 Å². The molecule has 0 radical (unpaired) electrons. The molecule has 1 aliphatic heterocycles. The van der Waals surface area contributed by atoms with Gasteiger partial charge >= 0.3 is 6.03 Å². The second kappa shape index (κ2) is 7.53. The Labute approximate surface area is 141 Å². The largest absolute Gasteiger partial charge is 0.393 e. The van der Waals surface area contributed by atoms with Crippen LogP contribution in [0.5, 0.6) is 0 Å². The van der Waals surface area contributed by atoms with Crippen LogP contribution in [-0.2, 0) is 0 Å². The molecule has 1 aromatic carbocycles. The Morgan fingerprint density at radius 3 is 2.96 bits per heavy atom. The Hall–Kier alpha value is -1.27. The van der Waals surface area contributed by atoms with Gasteiger partial charge in [-0.3, -0.25) is 0 Å². The van der Waals surface area contributed by atoms with Crippen LogP contribution in [0, 0.1) is 11.2 Å². The summed E-state index contributed by atoms with van der Waals surface area (Å²) in [5.41, 5.74) is 0.664.